The summed E-state index contributed by atoms with van der Waals surface area (Å²) in [5.74, 6) is -0.570. The molecule has 0 bridgehead atoms. The normalized spacial score (nSPS) is 14.0. The molecule has 0 fully saturated rings. The third kappa shape index (κ3) is 70.5. The van der Waals surface area contributed by atoms with Crippen molar-refractivity contribution in [2.24, 2.45) is 11.8 Å². The quantitative estimate of drug-likeness (QED) is 0.0222. The van der Waals surface area contributed by atoms with Crippen LogP contribution in [0.25, 0.3) is 0 Å². The average molecular weight is 1410 g/mol. The van der Waals surface area contributed by atoms with Crippen LogP contribution < -0.4 is 0 Å². The summed E-state index contributed by atoms with van der Waals surface area (Å²) in [6, 6.07) is 0. The number of phosphoric ester groups is 2. The molecule has 0 radical (unpaired) electrons. The van der Waals surface area contributed by atoms with E-state index in [2.05, 4.69) is 41.5 Å². The topological polar surface area (TPSA) is 237 Å². The number of hydrogen-bond donors (Lipinski definition) is 3. The Labute approximate surface area is 588 Å². The first kappa shape index (κ1) is 94.1. The van der Waals surface area contributed by atoms with Gasteiger partial charge >= 0.3 is 39.5 Å². The Bertz CT molecular complexity index is 1860. The number of rotatable bonds is 76. The maximum Gasteiger partial charge on any atom is 0.472 e. The van der Waals surface area contributed by atoms with Crippen molar-refractivity contribution in [3.05, 3.63) is 0 Å². The van der Waals surface area contributed by atoms with Crippen molar-refractivity contribution in [2.75, 3.05) is 39.6 Å². The molecule has 0 rings (SSSR count). The molecule has 96 heavy (non-hydrogen) atoms. The average Bonchev–Trinajstić information content (AvgIpc) is 1.46. The summed E-state index contributed by atoms with van der Waals surface area (Å²) in [6.45, 7) is 9.61. The van der Waals surface area contributed by atoms with Gasteiger partial charge in [-0.1, -0.05) is 350 Å². The van der Waals surface area contributed by atoms with Crippen LogP contribution in [0.2, 0.25) is 0 Å². The molecule has 0 aliphatic carbocycles. The van der Waals surface area contributed by atoms with Gasteiger partial charge in [0.1, 0.15) is 19.3 Å². The Hall–Kier alpha value is -1.94. The standard InChI is InChI=1S/C77H150O17P2/c1-7-9-11-13-15-17-19-20-21-22-23-26-30-37-43-49-55-61-76(81)93-73(66-88-75(80)60-54-48-42-36-29-27-24-25-28-33-39-45-51-57-69(3)4)68-92-96(85,86)90-64-71(78)63-89-95(83,84)91-67-72(65-87-74(79)59-53-47-41-35-18-16-14-12-10-8-2)94-77(82)62-56-50-44-38-32-31-34-40-46-52-58-70(5)6/h69-73,78H,7-68H2,1-6H3,(H,83,84)(H,85,86)/t71-,72+,73+/m0/s1. The summed E-state index contributed by atoms with van der Waals surface area (Å²) in [7, 11) is -9.91. The SMILES string of the molecule is CCCCCCCCCCCCCCCCCCCC(=O)O[C@H](COC(=O)CCCCCCCCCCCCCCCC(C)C)COP(=O)(O)OC[C@@H](O)COP(=O)(O)OC[C@@H](COC(=O)CCCCCCCCCCCC)OC(=O)CCCCCCCCCCCCC(C)C. The van der Waals surface area contributed by atoms with Crippen LogP contribution in [-0.2, 0) is 65.4 Å². The zero-order valence-electron chi connectivity index (χ0n) is 62.7. The molecule has 0 amide bonds. The van der Waals surface area contributed by atoms with Gasteiger partial charge in [0.2, 0.25) is 0 Å². The van der Waals surface area contributed by atoms with Crippen LogP contribution in [0.15, 0.2) is 0 Å². The number of hydrogen-bond acceptors (Lipinski definition) is 15. The van der Waals surface area contributed by atoms with Gasteiger partial charge < -0.3 is 33.8 Å². The van der Waals surface area contributed by atoms with E-state index in [1.807, 2.05) is 0 Å². The fourth-order valence-corrected chi connectivity index (χ4v) is 13.4. The first-order valence-electron chi connectivity index (χ1n) is 40.0. The predicted octanol–water partition coefficient (Wildman–Crippen LogP) is 22.7. The molecule has 0 aromatic heterocycles. The van der Waals surface area contributed by atoms with Crippen LogP contribution in [0.3, 0.4) is 0 Å². The first-order chi connectivity index (χ1) is 46.4. The van der Waals surface area contributed by atoms with Crippen molar-refractivity contribution in [3.63, 3.8) is 0 Å². The number of ether oxygens (including phenoxy) is 4. The molecule has 0 saturated heterocycles. The van der Waals surface area contributed by atoms with Gasteiger partial charge in [-0.25, -0.2) is 9.13 Å². The van der Waals surface area contributed by atoms with Gasteiger partial charge in [-0.15, -0.1) is 0 Å². The summed E-state index contributed by atoms with van der Waals surface area (Å²) in [6.07, 6.45) is 56.8. The smallest absolute Gasteiger partial charge is 0.462 e. The maximum atomic E-state index is 13.1. The third-order valence-corrected chi connectivity index (χ3v) is 19.9. The van der Waals surface area contributed by atoms with E-state index in [9.17, 15) is 43.2 Å². The molecule has 5 atom stereocenters. The maximum absolute atomic E-state index is 13.1. The van der Waals surface area contributed by atoms with Gasteiger partial charge in [0.15, 0.2) is 12.2 Å². The van der Waals surface area contributed by atoms with Crippen LogP contribution >= 0.6 is 15.6 Å². The summed E-state index contributed by atoms with van der Waals surface area (Å²) in [4.78, 5) is 72.8. The zero-order chi connectivity index (χ0) is 70.7. The second-order valence-corrected chi connectivity index (χ2v) is 31.6. The molecule has 570 valence electrons. The molecule has 0 heterocycles. The number of carbonyl (C=O) groups excluding carboxylic acids is 4. The minimum Gasteiger partial charge on any atom is -0.462 e. The third-order valence-electron chi connectivity index (χ3n) is 18.0. The summed E-state index contributed by atoms with van der Waals surface area (Å²) in [5.41, 5.74) is 0. The van der Waals surface area contributed by atoms with E-state index < -0.39 is 97.5 Å². The van der Waals surface area contributed by atoms with Crippen LogP contribution in [0.1, 0.15) is 401 Å². The molecular formula is C77H150O17P2. The van der Waals surface area contributed by atoms with Crippen LogP contribution in [0, 0.1) is 11.8 Å². The Morgan fingerprint density at radius 2 is 0.479 bits per heavy atom. The van der Waals surface area contributed by atoms with Crippen molar-refractivity contribution >= 4 is 39.5 Å². The largest absolute Gasteiger partial charge is 0.472 e. The van der Waals surface area contributed by atoms with E-state index in [1.165, 1.54) is 218 Å². The lowest BCUT2D eigenvalue weighted by atomic mass is 10.0. The molecule has 0 aromatic carbocycles. The fraction of sp³-hybridized carbons (Fsp3) is 0.948. The molecule has 0 saturated carbocycles. The zero-order valence-corrected chi connectivity index (χ0v) is 64.5. The second-order valence-electron chi connectivity index (χ2n) is 28.7. The number of phosphoric acid groups is 2. The lowest BCUT2D eigenvalue weighted by Gasteiger charge is -2.21. The molecule has 2 unspecified atom stereocenters. The molecule has 0 aliphatic rings. The Kier molecular flexibility index (Phi) is 67.4. The minimum atomic E-state index is -4.96. The van der Waals surface area contributed by atoms with Crippen LogP contribution in [0.4, 0.5) is 0 Å². The van der Waals surface area contributed by atoms with E-state index in [4.69, 9.17) is 37.0 Å². The number of aliphatic hydroxyl groups is 1. The Balaban J connectivity index is 5.24. The van der Waals surface area contributed by atoms with Crippen molar-refractivity contribution in [1.82, 2.24) is 0 Å². The van der Waals surface area contributed by atoms with E-state index in [0.29, 0.717) is 25.7 Å². The minimum absolute atomic E-state index is 0.106. The van der Waals surface area contributed by atoms with E-state index in [0.717, 1.165) is 102 Å². The summed E-state index contributed by atoms with van der Waals surface area (Å²) < 4.78 is 68.6. The van der Waals surface area contributed by atoms with Crippen LogP contribution in [-0.4, -0.2) is 96.7 Å². The van der Waals surface area contributed by atoms with Crippen LogP contribution in [0.5, 0.6) is 0 Å². The summed E-state index contributed by atoms with van der Waals surface area (Å²) >= 11 is 0. The Morgan fingerprint density at radius 1 is 0.281 bits per heavy atom. The number of esters is 4. The second kappa shape index (κ2) is 68.8. The highest BCUT2D eigenvalue weighted by atomic mass is 31.2. The van der Waals surface area contributed by atoms with Gasteiger partial charge in [0.05, 0.1) is 26.4 Å². The molecule has 0 aromatic rings. The molecule has 0 aliphatic heterocycles. The highest BCUT2D eigenvalue weighted by Gasteiger charge is 2.30. The van der Waals surface area contributed by atoms with E-state index >= 15 is 0 Å². The van der Waals surface area contributed by atoms with Gasteiger partial charge in [0.25, 0.3) is 0 Å². The van der Waals surface area contributed by atoms with Crippen molar-refractivity contribution in [1.29, 1.82) is 0 Å². The first-order valence-corrected chi connectivity index (χ1v) is 43.0. The summed E-state index contributed by atoms with van der Waals surface area (Å²) in [5, 5.41) is 10.6. The molecule has 19 heteroatoms. The van der Waals surface area contributed by atoms with Crippen molar-refractivity contribution < 1.29 is 80.2 Å². The number of carbonyl (C=O) groups is 4. The Morgan fingerprint density at radius 3 is 0.708 bits per heavy atom. The predicted molar refractivity (Wildman–Crippen MR) is 391 cm³/mol. The van der Waals surface area contributed by atoms with Gasteiger partial charge in [-0.3, -0.25) is 37.3 Å². The van der Waals surface area contributed by atoms with E-state index in [1.54, 1.807) is 0 Å². The highest BCUT2D eigenvalue weighted by Crippen LogP contribution is 2.45. The van der Waals surface area contributed by atoms with Crippen molar-refractivity contribution in [3.8, 4) is 0 Å². The molecule has 17 nitrogen and oxygen atoms in total. The van der Waals surface area contributed by atoms with Gasteiger partial charge in [-0.05, 0) is 37.5 Å². The molecule has 0 spiro atoms. The van der Waals surface area contributed by atoms with Crippen molar-refractivity contribution in [2.45, 2.75) is 419 Å². The van der Waals surface area contributed by atoms with Gasteiger partial charge in [0, 0.05) is 25.7 Å². The molecule has 3 N–H and O–H groups in total. The fourth-order valence-electron chi connectivity index (χ4n) is 11.8. The lowest BCUT2D eigenvalue weighted by Crippen LogP contribution is -2.30. The van der Waals surface area contributed by atoms with E-state index in [-0.39, 0.29) is 25.7 Å². The number of aliphatic hydroxyl groups excluding tert-OH is 1. The lowest BCUT2D eigenvalue weighted by molar-refractivity contribution is -0.161. The highest BCUT2D eigenvalue weighted by molar-refractivity contribution is 7.47. The molecular weight excluding hydrogens is 1260 g/mol. The number of unbranched alkanes of at least 4 members (excludes halogenated alkanes) is 46. The van der Waals surface area contributed by atoms with Gasteiger partial charge in [-0.2, -0.15) is 0 Å². The monoisotopic (exact) mass is 1410 g/mol.